The van der Waals surface area contributed by atoms with Crippen LogP contribution in [0.25, 0.3) is 23.1 Å². The van der Waals surface area contributed by atoms with E-state index in [9.17, 15) is 0 Å². The Morgan fingerprint density at radius 3 is 2.62 bits per heavy atom. The molecule has 3 heterocycles. The molecule has 0 amide bonds. The second-order valence-corrected chi connectivity index (χ2v) is 7.87. The fourth-order valence-electron chi connectivity index (χ4n) is 4.40. The lowest BCUT2D eigenvalue weighted by Crippen LogP contribution is -2.63. The van der Waals surface area contributed by atoms with Gasteiger partial charge in [-0.3, -0.25) is 0 Å². The molecule has 0 saturated carbocycles. The molecule has 1 aromatic carbocycles. The minimum absolute atomic E-state index is 0.405. The van der Waals surface area contributed by atoms with Crippen LogP contribution in [-0.4, -0.2) is 23.8 Å². The molecule has 1 aromatic heterocycles. The molecule has 2 aliphatic heterocycles. The fourth-order valence-corrected chi connectivity index (χ4v) is 4.40. The summed E-state index contributed by atoms with van der Waals surface area (Å²) in [5.41, 5.74) is 1.61. The summed E-state index contributed by atoms with van der Waals surface area (Å²) in [6.45, 7) is 11.5. The molecule has 2 aliphatic rings. The largest absolute Gasteiger partial charge is 0.454 e. The molecular formula is C22H25FN2O. The summed E-state index contributed by atoms with van der Waals surface area (Å²) in [5, 5.41) is 1.02. The lowest BCUT2D eigenvalue weighted by Gasteiger charge is -2.52. The van der Waals surface area contributed by atoms with Crippen molar-refractivity contribution in [2.75, 3.05) is 11.9 Å². The van der Waals surface area contributed by atoms with Crippen LogP contribution >= 0.6 is 0 Å². The summed E-state index contributed by atoms with van der Waals surface area (Å²) in [5.74, 6) is 0.742. The molecule has 2 unspecified atom stereocenters. The number of nitrogens with zero attached hydrogens (tertiary/aromatic N) is 2. The zero-order valence-corrected chi connectivity index (χ0v) is 16.0. The molecule has 4 heteroatoms. The van der Waals surface area contributed by atoms with Crippen LogP contribution in [0.4, 0.5) is 10.1 Å². The van der Waals surface area contributed by atoms with E-state index in [1.165, 1.54) is 0 Å². The Balaban J connectivity index is 2.10. The van der Waals surface area contributed by atoms with Gasteiger partial charge in [0.2, 0.25) is 0 Å². The van der Waals surface area contributed by atoms with E-state index < -0.39 is 17.2 Å². The summed E-state index contributed by atoms with van der Waals surface area (Å²) >= 11 is 0. The van der Waals surface area contributed by atoms with E-state index in [1.807, 2.05) is 74.3 Å². The average Bonchev–Trinajstić information content (AvgIpc) is 3.14. The Bertz CT molecular complexity index is 964. The van der Waals surface area contributed by atoms with Crippen LogP contribution in [0.15, 0.2) is 41.6 Å². The predicted molar refractivity (Wildman–Crippen MR) is 107 cm³/mol. The molecular weight excluding hydrogens is 327 g/mol. The van der Waals surface area contributed by atoms with Gasteiger partial charge < -0.3 is 14.2 Å². The lowest BCUT2D eigenvalue weighted by atomic mass is 9.67. The fraction of sp³-hybridized carbons (Fsp3) is 0.364. The Morgan fingerprint density at radius 1 is 1.23 bits per heavy atom. The van der Waals surface area contributed by atoms with Crippen LogP contribution in [0.1, 0.15) is 44.6 Å². The molecule has 0 bridgehead atoms. The SMILES string of the molecule is C=Cc1oc2c3c(ccc2c1/C=C\C)C(C)(C)C(C)(F)C1N(C)C=CN31. The first-order chi connectivity index (χ1) is 12.3. The molecule has 0 radical (unpaired) electrons. The molecule has 3 nitrogen and oxygen atoms in total. The molecule has 0 fully saturated rings. The number of allylic oxidation sites excluding steroid dienone is 1. The van der Waals surface area contributed by atoms with Crippen LogP contribution in [0.3, 0.4) is 0 Å². The van der Waals surface area contributed by atoms with Gasteiger partial charge in [-0.05, 0) is 25.5 Å². The minimum Gasteiger partial charge on any atom is -0.454 e. The maximum absolute atomic E-state index is 16.0. The van der Waals surface area contributed by atoms with Crippen molar-refractivity contribution in [2.45, 2.75) is 44.9 Å². The molecule has 0 N–H and O–H groups in total. The Labute approximate surface area is 154 Å². The van der Waals surface area contributed by atoms with E-state index >= 15 is 4.39 Å². The zero-order chi connectivity index (χ0) is 18.9. The molecule has 0 spiro atoms. The molecule has 26 heavy (non-hydrogen) atoms. The van der Waals surface area contributed by atoms with Gasteiger partial charge in [0.1, 0.15) is 11.9 Å². The van der Waals surface area contributed by atoms with Crippen LogP contribution in [0, 0.1) is 0 Å². The number of hydrogen-bond acceptors (Lipinski definition) is 3. The Kier molecular flexibility index (Phi) is 3.43. The first-order valence-corrected chi connectivity index (χ1v) is 8.98. The van der Waals surface area contributed by atoms with Crippen LogP contribution < -0.4 is 4.90 Å². The van der Waals surface area contributed by atoms with Gasteiger partial charge in [-0.15, -0.1) is 0 Å². The number of hydrogen-bond donors (Lipinski definition) is 0. The van der Waals surface area contributed by atoms with Gasteiger partial charge in [0.05, 0.1) is 5.69 Å². The Morgan fingerprint density at radius 2 is 1.96 bits per heavy atom. The van der Waals surface area contributed by atoms with Crippen molar-refractivity contribution in [3.8, 4) is 0 Å². The van der Waals surface area contributed by atoms with E-state index in [2.05, 4.69) is 6.58 Å². The van der Waals surface area contributed by atoms with Crippen molar-refractivity contribution >= 4 is 28.8 Å². The molecule has 2 atom stereocenters. The van der Waals surface area contributed by atoms with Gasteiger partial charge in [0.15, 0.2) is 11.3 Å². The van der Waals surface area contributed by atoms with Crippen LogP contribution in [0.5, 0.6) is 0 Å². The summed E-state index contributed by atoms with van der Waals surface area (Å²) in [7, 11) is 1.92. The van der Waals surface area contributed by atoms with Gasteiger partial charge in [-0.25, -0.2) is 4.39 Å². The molecule has 0 aliphatic carbocycles. The van der Waals surface area contributed by atoms with Crippen molar-refractivity contribution < 1.29 is 8.81 Å². The van der Waals surface area contributed by atoms with Crippen molar-refractivity contribution in [1.29, 1.82) is 0 Å². The number of alkyl halides is 1. The van der Waals surface area contributed by atoms with Gasteiger partial charge in [0.25, 0.3) is 0 Å². The van der Waals surface area contributed by atoms with Gasteiger partial charge >= 0.3 is 0 Å². The maximum atomic E-state index is 16.0. The van der Waals surface area contributed by atoms with Gasteiger partial charge in [-0.1, -0.05) is 44.7 Å². The number of anilines is 1. The first kappa shape index (κ1) is 17.0. The number of halogens is 1. The number of fused-ring (bicyclic) bond motifs is 5. The van der Waals surface area contributed by atoms with Crippen LogP contribution in [0.2, 0.25) is 0 Å². The van der Waals surface area contributed by atoms with Crippen molar-refractivity contribution in [3.05, 3.63) is 54.1 Å². The quantitative estimate of drug-likeness (QED) is 0.693. The van der Waals surface area contributed by atoms with Gasteiger partial charge in [0, 0.05) is 35.8 Å². The highest BCUT2D eigenvalue weighted by Gasteiger charge is 2.58. The normalized spacial score (nSPS) is 26.6. The first-order valence-electron chi connectivity index (χ1n) is 8.98. The number of rotatable bonds is 2. The monoisotopic (exact) mass is 352 g/mol. The van der Waals surface area contributed by atoms with E-state index in [-0.39, 0.29) is 0 Å². The third kappa shape index (κ3) is 1.87. The lowest BCUT2D eigenvalue weighted by molar-refractivity contribution is 0.0121. The second kappa shape index (κ2) is 5.26. The summed E-state index contributed by atoms with van der Waals surface area (Å²) in [6, 6.07) is 4.09. The molecule has 136 valence electrons. The maximum Gasteiger partial charge on any atom is 0.159 e. The zero-order valence-electron chi connectivity index (χ0n) is 16.0. The highest BCUT2D eigenvalue weighted by atomic mass is 19.1. The minimum atomic E-state index is -1.44. The van der Waals surface area contributed by atoms with Gasteiger partial charge in [-0.2, -0.15) is 0 Å². The average molecular weight is 352 g/mol. The summed E-state index contributed by atoms with van der Waals surface area (Å²) in [4.78, 5) is 3.95. The van der Waals surface area contributed by atoms with Crippen LogP contribution in [-0.2, 0) is 5.41 Å². The molecule has 4 rings (SSSR count). The highest BCUT2D eigenvalue weighted by molar-refractivity contribution is 6.00. The van der Waals surface area contributed by atoms with Crippen molar-refractivity contribution in [3.63, 3.8) is 0 Å². The second-order valence-electron chi connectivity index (χ2n) is 7.87. The van der Waals surface area contributed by atoms with E-state index in [4.69, 9.17) is 4.42 Å². The van der Waals surface area contributed by atoms with E-state index in [1.54, 1.807) is 13.0 Å². The Hall–Kier alpha value is -2.49. The summed E-state index contributed by atoms with van der Waals surface area (Å²) in [6.07, 6.45) is 9.23. The standard InChI is InChI=1S/C22H25FN2O/c1-7-9-14-15-10-11-16-18(19(15)26-17(14)8-2)25-13-12-24(6)20(25)22(5,23)21(16,3)4/h7-13,20H,2H2,1,3-6H3/b9-7-. The number of benzene rings is 1. The molecule has 2 aromatic rings. The third-order valence-corrected chi connectivity index (χ3v) is 6.17. The van der Waals surface area contributed by atoms with Crippen molar-refractivity contribution in [1.82, 2.24) is 4.90 Å². The smallest absolute Gasteiger partial charge is 0.159 e. The topological polar surface area (TPSA) is 19.6 Å². The summed E-state index contributed by atoms with van der Waals surface area (Å²) < 4.78 is 22.2. The highest BCUT2D eigenvalue weighted by Crippen LogP contribution is 2.55. The predicted octanol–water partition coefficient (Wildman–Crippen LogP) is 5.68. The van der Waals surface area contributed by atoms with E-state index in [0.29, 0.717) is 0 Å². The van der Waals surface area contributed by atoms with Crippen molar-refractivity contribution in [2.24, 2.45) is 0 Å². The third-order valence-electron chi connectivity index (χ3n) is 6.17. The number of furan rings is 1. The van der Waals surface area contributed by atoms with E-state index in [0.717, 1.165) is 33.5 Å². The molecule has 0 saturated heterocycles.